The standard InChI is InChI=1S/C17H16BrN3O5/c1-20(10-16(22)19-13-6-4-3-5-12(13)18)17(23)11-7-8-15(26-2)14(9-11)21(24)25/h3-9H,10H2,1-2H3,(H,19,22). The number of carbonyl (C=O) groups excluding carboxylic acids is 2. The van der Waals surface area contributed by atoms with Gasteiger partial charge in [-0.05, 0) is 40.2 Å². The van der Waals surface area contributed by atoms with Gasteiger partial charge in [-0.25, -0.2) is 0 Å². The van der Waals surface area contributed by atoms with Crippen LogP contribution in [0.2, 0.25) is 0 Å². The Morgan fingerprint density at radius 1 is 1.27 bits per heavy atom. The number of rotatable bonds is 6. The molecule has 8 nitrogen and oxygen atoms in total. The molecule has 2 aromatic carbocycles. The topological polar surface area (TPSA) is 102 Å². The number of amides is 2. The number of hydrogen-bond donors (Lipinski definition) is 1. The van der Waals surface area contributed by atoms with Gasteiger partial charge >= 0.3 is 5.69 Å². The number of ether oxygens (including phenoxy) is 1. The molecule has 136 valence electrons. The lowest BCUT2D eigenvalue weighted by Crippen LogP contribution is -2.35. The maximum atomic E-state index is 12.4. The largest absolute Gasteiger partial charge is 0.490 e. The van der Waals surface area contributed by atoms with Crippen LogP contribution in [0.15, 0.2) is 46.9 Å². The Bertz CT molecular complexity index is 856. The van der Waals surface area contributed by atoms with E-state index >= 15 is 0 Å². The summed E-state index contributed by atoms with van der Waals surface area (Å²) in [6.45, 7) is -0.208. The summed E-state index contributed by atoms with van der Waals surface area (Å²) in [5, 5.41) is 13.8. The number of hydrogen-bond acceptors (Lipinski definition) is 5. The first-order chi connectivity index (χ1) is 12.3. The number of nitrogens with one attached hydrogen (secondary N) is 1. The van der Waals surface area contributed by atoms with Crippen molar-refractivity contribution in [2.24, 2.45) is 0 Å². The highest BCUT2D eigenvalue weighted by Gasteiger charge is 2.21. The number of halogens is 1. The van der Waals surface area contributed by atoms with E-state index in [1.54, 1.807) is 18.2 Å². The van der Waals surface area contributed by atoms with Crippen LogP contribution in [-0.2, 0) is 4.79 Å². The molecule has 26 heavy (non-hydrogen) atoms. The van der Waals surface area contributed by atoms with E-state index in [0.717, 1.165) is 6.07 Å². The number of nitrogens with zero attached hydrogens (tertiary/aromatic N) is 2. The Labute approximate surface area is 158 Å². The molecule has 0 aliphatic carbocycles. The Kier molecular flexibility index (Phi) is 6.29. The molecule has 9 heteroatoms. The first kappa shape index (κ1) is 19.4. The van der Waals surface area contributed by atoms with E-state index in [1.807, 2.05) is 6.07 Å². The van der Waals surface area contributed by atoms with Crippen molar-refractivity contribution in [3.05, 3.63) is 62.6 Å². The second-order valence-corrected chi connectivity index (χ2v) is 6.19. The molecule has 2 rings (SSSR count). The van der Waals surface area contributed by atoms with E-state index < -0.39 is 16.7 Å². The highest BCUT2D eigenvalue weighted by atomic mass is 79.9. The van der Waals surface area contributed by atoms with Gasteiger partial charge in [0, 0.05) is 23.2 Å². The van der Waals surface area contributed by atoms with E-state index in [4.69, 9.17) is 4.74 Å². The maximum absolute atomic E-state index is 12.4. The van der Waals surface area contributed by atoms with Crippen molar-refractivity contribution >= 4 is 39.1 Å². The maximum Gasteiger partial charge on any atom is 0.311 e. The highest BCUT2D eigenvalue weighted by molar-refractivity contribution is 9.10. The lowest BCUT2D eigenvalue weighted by molar-refractivity contribution is -0.385. The molecule has 0 aromatic heterocycles. The van der Waals surface area contributed by atoms with E-state index in [2.05, 4.69) is 21.2 Å². The van der Waals surface area contributed by atoms with Gasteiger partial charge < -0.3 is 15.0 Å². The summed E-state index contributed by atoms with van der Waals surface area (Å²) in [5.41, 5.74) is 0.358. The summed E-state index contributed by atoms with van der Waals surface area (Å²) in [7, 11) is 2.75. The zero-order valence-corrected chi connectivity index (χ0v) is 15.6. The predicted molar refractivity (Wildman–Crippen MR) is 99.4 cm³/mol. The molecule has 0 radical (unpaired) electrons. The smallest absolute Gasteiger partial charge is 0.311 e. The number of para-hydroxylation sites is 1. The molecule has 2 amide bonds. The molecule has 0 bridgehead atoms. The minimum absolute atomic E-state index is 0.0564. The lowest BCUT2D eigenvalue weighted by atomic mass is 10.1. The third kappa shape index (κ3) is 4.57. The van der Waals surface area contributed by atoms with Crippen LogP contribution in [-0.4, -0.2) is 42.3 Å². The van der Waals surface area contributed by atoms with Gasteiger partial charge in [-0.2, -0.15) is 0 Å². The van der Waals surface area contributed by atoms with Gasteiger partial charge in [0.25, 0.3) is 5.91 Å². The molecular formula is C17H16BrN3O5. The zero-order chi connectivity index (χ0) is 19.3. The fourth-order valence-corrected chi connectivity index (χ4v) is 2.61. The molecular weight excluding hydrogens is 406 g/mol. The van der Waals surface area contributed by atoms with Crippen molar-refractivity contribution in [2.45, 2.75) is 0 Å². The summed E-state index contributed by atoms with van der Waals surface area (Å²) < 4.78 is 5.62. The quantitative estimate of drug-likeness (QED) is 0.570. The highest BCUT2D eigenvalue weighted by Crippen LogP contribution is 2.28. The van der Waals surface area contributed by atoms with Crippen LogP contribution < -0.4 is 10.1 Å². The Morgan fingerprint density at radius 2 is 1.96 bits per heavy atom. The molecule has 0 atom stereocenters. The van der Waals surface area contributed by atoms with Crippen molar-refractivity contribution < 1.29 is 19.2 Å². The third-order valence-electron chi connectivity index (χ3n) is 3.50. The second-order valence-electron chi connectivity index (χ2n) is 5.33. The van der Waals surface area contributed by atoms with Gasteiger partial charge in [0.05, 0.1) is 24.3 Å². The number of methoxy groups -OCH3 is 1. The minimum atomic E-state index is -0.630. The van der Waals surface area contributed by atoms with Gasteiger partial charge in [0.15, 0.2) is 5.75 Å². The van der Waals surface area contributed by atoms with Crippen molar-refractivity contribution in [1.29, 1.82) is 0 Å². The van der Waals surface area contributed by atoms with Gasteiger partial charge in [-0.15, -0.1) is 0 Å². The van der Waals surface area contributed by atoms with Crippen LogP contribution in [0, 0.1) is 10.1 Å². The fourth-order valence-electron chi connectivity index (χ4n) is 2.23. The zero-order valence-electron chi connectivity index (χ0n) is 14.1. The molecule has 0 aliphatic heterocycles. The fraction of sp³-hybridized carbons (Fsp3) is 0.176. The Balaban J connectivity index is 2.09. The van der Waals surface area contributed by atoms with Crippen LogP contribution in [0.3, 0.4) is 0 Å². The summed E-state index contributed by atoms with van der Waals surface area (Å²) in [4.78, 5) is 36.2. The van der Waals surface area contributed by atoms with Gasteiger partial charge in [-0.3, -0.25) is 19.7 Å². The SMILES string of the molecule is COc1ccc(C(=O)N(C)CC(=O)Nc2ccccc2Br)cc1[N+](=O)[O-]. The molecule has 0 fully saturated rings. The first-order valence-corrected chi connectivity index (χ1v) is 8.25. The number of nitro benzene ring substituents is 1. The van der Waals surface area contributed by atoms with Crippen LogP contribution in [0.5, 0.6) is 5.75 Å². The van der Waals surface area contributed by atoms with E-state index in [1.165, 1.54) is 31.2 Å². The molecule has 0 aliphatic rings. The number of likely N-dealkylation sites (N-methyl/N-ethyl adjacent to an activating group) is 1. The van der Waals surface area contributed by atoms with Crippen molar-refractivity contribution in [3.8, 4) is 5.75 Å². The molecule has 0 saturated heterocycles. The third-order valence-corrected chi connectivity index (χ3v) is 4.19. The van der Waals surface area contributed by atoms with Crippen LogP contribution >= 0.6 is 15.9 Å². The number of carbonyl (C=O) groups is 2. The van der Waals surface area contributed by atoms with Crippen LogP contribution in [0.4, 0.5) is 11.4 Å². The molecule has 0 heterocycles. The van der Waals surface area contributed by atoms with Crippen molar-refractivity contribution in [3.63, 3.8) is 0 Å². The van der Waals surface area contributed by atoms with Gasteiger partial charge in [-0.1, -0.05) is 12.1 Å². The predicted octanol–water partition coefficient (Wildman–Crippen LogP) is 3.08. The van der Waals surface area contributed by atoms with Crippen LogP contribution in [0.1, 0.15) is 10.4 Å². The van der Waals surface area contributed by atoms with E-state index in [-0.39, 0.29) is 23.5 Å². The summed E-state index contributed by atoms with van der Waals surface area (Å²) in [6, 6.07) is 11.0. The average molecular weight is 422 g/mol. The molecule has 0 unspecified atom stereocenters. The Morgan fingerprint density at radius 3 is 2.58 bits per heavy atom. The summed E-state index contributed by atoms with van der Waals surface area (Å²) in [5.74, 6) is -0.852. The number of nitro groups is 1. The van der Waals surface area contributed by atoms with E-state index in [0.29, 0.717) is 10.2 Å². The van der Waals surface area contributed by atoms with E-state index in [9.17, 15) is 19.7 Å². The summed E-state index contributed by atoms with van der Waals surface area (Å²) in [6.07, 6.45) is 0. The normalized spacial score (nSPS) is 10.1. The Hall–Kier alpha value is -2.94. The first-order valence-electron chi connectivity index (χ1n) is 7.45. The number of anilines is 1. The second kappa shape index (κ2) is 8.43. The molecule has 1 N–H and O–H groups in total. The van der Waals surface area contributed by atoms with Gasteiger partial charge in [0.1, 0.15) is 0 Å². The lowest BCUT2D eigenvalue weighted by Gasteiger charge is -2.17. The van der Waals surface area contributed by atoms with Gasteiger partial charge in [0.2, 0.25) is 5.91 Å². The monoisotopic (exact) mass is 421 g/mol. The molecule has 0 spiro atoms. The van der Waals surface area contributed by atoms with Crippen molar-refractivity contribution in [1.82, 2.24) is 4.90 Å². The number of benzene rings is 2. The minimum Gasteiger partial charge on any atom is -0.490 e. The molecule has 0 saturated carbocycles. The van der Waals surface area contributed by atoms with Crippen LogP contribution in [0.25, 0.3) is 0 Å². The summed E-state index contributed by atoms with van der Waals surface area (Å²) >= 11 is 3.32. The van der Waals surface area contributed by atoms with Crippen molar-refractivity contribution in [2.75, 3.05) is 26.0 Å². The molecule has 2 aromatic rings. The average Bonchev–Trinajstić information content (AvgIpc) is 2.62.